The second kappa shape index (κ2) is 8.42. The van der Waals surface area contributed by atoms with E-state index in [4.69, 9.17) is 9.84 Å². The van der Waals surface area contributed by atoms with E-state index in [0.29, 0.717) is 12.4 Å². The molecule has 1 amide bonds. The molecule has 0 saturated heterocycles. The molecule has 0 radical (unpaired) electrons. The summed E-state index contributed by atoms with van der Waals surface area (Å²) in [6.07, 6.45) is 1.64. The summed E-state index contributed by atoms with van der Waals surface area (Å²) < 4.78 is 5.54. The zero-order valence-corrected chi connectivity index (χ0v) is 12.3. The van der Waals surface area contributed by atoms with Gasteiger partial charge in [0.1, 0.15) is 0 Å². The highest BCUT2D eigenvalue weighted by Crippen LogP contribution is 2.15. The van der Waals surface area contributed by atoms with Gasteiger partial charge in [-0.2, -0.15) is 0 Å². The van der Waals surface area contributed by atoms with Crippen LogP contribution in [0.2, 0.25) is 0 Å². The molecule has 6 nitrogen and oxygen atoms in total. The summed E-state index contributed by atoms with van der Waals surface area (Å²) in [4.78, 5) is 26.0. The Labute approximate surface area is 121 Å². The Balaban J connectivity index is 2.44. The van der Waals surface area contributed by atoms with Gasteiger partial charge in [0.25, 0.3) is 0 Å². The first-order valence-electron chi connectivity index (χ1n) is 6.16. The predicted molar refractivity (Wildman–Crippen MR) is 76.8 cm³/mol. The Morgan fingerprint density at radius 1 is 1.45 bits per heavy atom. The molecular weight excluding hydrogens is 280 g/mol. The number of carboxylic acids is 1. The van der Waals surface area contributed by atoms with Crippen LogP contribution in [0.5, 0.6) is 5.88 Å². The van der Waals surface area contributed by atoms with Gasteiger partial charge in [0.05, 0.1) is 17.6 Å². The normalized spacial score (nSPS) is 10.3. The lowest BCUT2D eigenvalue weighted by Crippen LogP contribution is -2.25. The maximum atomic E-state index is 11.5. The molecule has 0 fully saturated rings. The number of aliphatic carboxylic acids is 1. The molecule has 110 valence electrons. The number of ether oxygens (including phenoxy) is 1. The summed E-state index contributed by atoms with van der Waals surface area (Å²) in [5, 5.41) is 11.2. The Bertz CT molecular complexity index is 465. The fourth-order valence-electron chi connectivity index (χ4n) is 1.36. The molecule has 1 rings (SSSR count). The van der Waals surface area contributed by atoms with Crippen molar-refractivity contribution >= 4 is 23.6 Å². The fourth-order valence-corrected chi connectivity index (χ4v) is 1.93. The average Bonchev–Trinajstić information content (AvgIpc) is 2.36. The van der Waals surface area contributed by atoms with Crippen molar-refractivity contribution in [1.29, 1.82) is 0 Å². The maximum absolute atomic E-state index is 11.5. The lowest BCUT2D eigenvalue weighted by atomic mass is 10.2. The van der Waals surface area contributed by atoms with E-state index in [1.165, 1.54) is 0 Å². The number of nitrogens with one attached hydrogen (secondary N) is 1. The minimum Gasteiger partial charge on any atom is -0.481 e. The highest BCUT2D eigenvalue weighted by Gasteiger charge is 2.09. The first-order valence-corrected chi connectivity index (χ1v) is 7.31. The van der Waals surface area contributed by atoms with Crippen LogP contribution < -0.4 is 10.1 Å². The molecule has 0 unspecified atom stereocenters. The molecule has 0 saturated carbocycles. The van der Waals surface area contributed by atoms with Crippen molar-refractivity contribution in [2.75, 3.05) is 11.5 Å². The van der Waals surface area contributed by atoms with Crippen LogP contribution in [0.1, 0.15) is 19.4 Å². The molecule has 0 atom stereocenters. The van der Waals surface area contributed by atoms with Gasteiger partial charge >= 0.3 is 5.97 Å². The zero-order chi connectivity index (χ0) is 15.0. The van der Waals surface area contributed by atoms with Crippen molar-refractivity contribution < 1.29 is 19.4 Å². The molecule has 1 aromatic heterocycles. The van der Waals surface area contributed by atoms with E-state index in [1.807, 2.05) is 19.9 Å². The average molecular weight is 298 g/mol. The molecule has 0 bridgehead atoms. The smallest absolute Gasteiger partial charge is 0.313 e. The highest BCUT2D eigenvalue weighted by atomic mass is 32.2. The quantitative estimate of drug-likeness (QED) is 0.752. The molecule has 0 spiro atoms. The van der Waals surface area contributed by atoms with Crippen LogP contribution in [0.15, 0.2) is 18.3 Å². The van der Waals surface area contributed by atoms with Crippen molar-refractivity contribution in [1.82, 2.24) is 10.3 Å². The zero-order valence-electron chi connectivity index (χ0n) is 11.5. The third kappa shape index (κ3) is 6.42. The third-order valence-electron chi connectivity index (χ3n) is 2.13. The van der Waals surface area contributed by atoms with Crippen LogP contribution in [0.25, 0.3) is 0 Å². The van der Waals surface area contributed by atoms with Gasteiger partial charge in [-0.1, -0.05) is 6.07 Å². The van der Waals surface area contributed by atoms with Crippen LogP contribution >= 0.6 is 11.8 Å². The number of thioether (sulfide) groups is 1. The second-order valence-electron chi connectivity index (χ2n) is 4.30. The number of carboxylic acid groups (broad SMARTS) is 1. The van der Waals surface area contributed by atoms with Gasteiger partial charge in [0, 0.05) is 18.3 Å². The monoisotopic (exact) mass is 298 g/mol. The topological polar surface area (TPSA) is 88.5 Å². The van der Waals surface area contributed by atoms with Crippen LogP contribution in [0.3, 0.4) is 0 Å². The SMILES string of the molecule is CC(C)Oc1ncccc1CNC(=O)CSCC(=O)O. The number of amides is 1. The Morgan fingerprint density at radius 3 is 2.85 bits per heavy atom. The van der Waals surface area contributed by atoms with Gasteiger partial charge in [0.2, 0.25) is 11.8 Å². The first kappa shape index (κ1) is 16.3. The number of rotatable bonds is 8. The Morgan fingerprint density at radius 2 is 2.20 bits per heavy atom. The van der Waals surface area contributed by atoms with Gasteiger partial charge in [-0.3, -0.25) is 9.59 Å². The van der Waals surface area contributed by atoms with E-state index >= 15 is 0 Å². The number of pyridine rings is 1. The molecule has 7 heteroatoms. The summed E-state index contributed by atoms with van der Waals surface area (Å²) in [6.45, 7) is 4.11. The van der Waals surface area contributed by atoms with Crippen molar-refractivity contribution in [2.24, 2.45) is 0 Å². The molecule has 0 aromatic carbocycles. The van der Waals surface area contributed by atoms with Gasteiger partial charge in [0.15, 0.2) is 0 Å². The maximum Gasteiger partial charge on any atom is 0.313 e. The number of aromatic nitrogens is 1. The lowest BCUT2D eigenvalue weighted by molar-refractivity contribution is -0.133. The predicted octanol–water partition coefficient (Wildman–Crippen LogP) is 1.30. The van der Waals surface area contributed by atoms with Gasteiger partial charge in [-0.05, 0) is 19.9 Å². The van der Waals surface area contributed by atoms with Gasteiger partial charge < -0.3 is 15.2 Å². The second-order valence-corrected chi connectivity index (χ2v) is 5.28. The third-order valence-corrected chi connectivity index (χ3v) is 3.05. The summed E-state index contributed by atoms with van der Waals surface area (Å²) in [5.41, 5.74) is 0.790. The van der Waals surface area contributed by atoms with Crippen molar-refractivity contribution in [3.05, 3.63) is 23.9 Å². The van der Waals surface area contributed by atoms with Crippen LogP contribution in [-0.4, -0.2) is 39.6 Å². The Hall–Kier alpha value is -1.76. The van der Waals surface area contributed by atoms with E-state index in [1.54, 1.807) is 12.3 Å². The Kier molecular flexibility index (Phi) is 6.86. The van der Waals surface area contributed by atoms with E-state index in [2.05, 4.69) is 10.3 Å². The minimum absolute atomic E-state index is 0.00507. The number of carbonyl (C=O) groups excluding carboxylic acids is 1. The summed E-state index contributed by atoms with van der Waals surface area (Å²) >= 11 is 1.06. The summed E-state index contributed by atoms with van der Waals surface area (Å²) in [7, 11) is 0. The largest absolute Gasteiger partial charge is 0.481 e. The number of carbonyl (C=O) groups is 2. The van der Waals surface area contributed by atoms with Crippen molar-refractivity contribution in [3.63, 3.8) is 0 Å². The summed E-state index contributed by atoms with van der Waals surface area (Å²) in [6, 6.07) is 3.60. The molecular formula is C13H18N2O4S. The van der Waals surface area contributed by atoms with Crippen molar-refractivity contribution in [2.45, 2.75) is 26.5 Å². The number of hydrogen-bond acceptors (Lipinski definition) is 5. The first-order chi connectivity index (χ1) is 9.49. The number of hydrogen-bond donors (Lipinski definition) is 2. The molecule has 1 aromatic rings. The van der Waals surface area contributed by atoms with Gasteiger partial charge in [-0.25, -0.2) is 4.98 Å². The number of nitrogens with zero attached hydrogens (tertiary/aromatic N) is 1. The lowest BCUT2D eigenvalue weighted by Gasteiger charge is -2.13. The van der Waals surface area contributed by atoms with E-state index in [9.17, 15) is 9.59 Å². The van der Waals surface area contributed by atoms with Crippen LogP contribution in [0, 0.1) is 0 Å². The van der Waals surface area contributed by atoms with Crippen molar-refractivity contribution in [3.8, 4) is 5.88 Å². The molecule has 1 heterocycles. The molecule has 20 heavy (non-hydrogen) atoms. The van der Waals surface area contributed by atoms with Crippen LogP contribution in [0.4, 0.5) is 0 Å². The van der Waals surface area contributed by atoms with E-state index < -0.39 is 5.97 Å². The fraction of sp³-hybridized carbons (Fsp3) is 0.462. The minimum atomic E-state index is -0.928. The molecule has 0 aliphatic heterocycles. The molecule has 2 N–H and O–H groups in total. The molecule has 0 aliphatic carbocycles. The van der Waals surface area contributed by atoms with E-state index in [0.717, 1.165) is 17.3 Å². The van der Waals surface area contributed by atoms with E-state index in [-0.39, 0.29) is 23.5 Å². The standard InChI is InChI=1S/C13H18N2O4S/c1-9(2)19-13-10(4-3-5-14-13)6-15-11(16)7-20-8-12(17)18/h3-5,9H,6-8H2,1-2H3,(H,15,16)(H,17,18). The summed E-state index contributed by atoms with van der Waals surface area (Å²) in [5.74, 6) is -0.603. The van der Waals surface area contributed by atoms with Crippen LogP contribution in [-0.2, 0) is 16.1 Å². The highest BCUT2D eigenvalue weighted by molar-refractivity contribution is 8.00. The molecule has 0 aliphatic rings. The van der Waals surface area contributed by atoms with Gasteiger partial charge in [-0.15, -0.1) is 11.8 Å².